The highest BCUT2D eigenvalue weighted by molar-refractivity contribution is 9.10. The van der Waals surface area contributed by atoms with Gasteiger partial charge < -0.3 is 10.1 Å². The topological polar surface area (TPSA) is 55.4 Å². The van der Waals surface area contributed by atoms with Crippen molar-refractivity contribution in [2.75, 3.05) is 13.2 Å². The highest BCUT2D eigenvalue weighted by atomic mass is 79.9. The van der Waals surface area contributed by atoms with Gasteiger partial charge in [0.1, 0.15) is 0 Å². The molecule has 98 valence electrons. The van der Waals surface area contributed by atoms with Gasteiger partial charge in [0.05, 0.1) is 18.1 Å². The Bertz CT molecular complexity index is 451. The van der Waals surface area contributed by atoms with Crippen molar-refractivity contribution in [1.82, 2.24) is 5.32 Å². The molecule has 0 aliphatic rings. The summed E-state index contributed by atoms with van der Waals surface area (Å²) in [7, 11) is 0. The minimum Gasteiger partial charge on any atom is -0.466 e. The molecule has 0 atom stereocenters. The van der Waals surface area contributed by atoms with Gasteiger partial charge in [-0.2, -0.15) is 0 Å². The van der Waals surface area contributed by atoms with E-state index in [0.717, 1.165) is 0 Å². The number of hydrogen-bond acceptors (Lipinski definition) is 3. The molecule has 1 rings (SSSR count). The molecule has 0 aromatic heterocycles. The summed E-state index contributed by atoms with van der Waals surface area (Å²) in [4.78, 5) is 22.8. The normalized spacial score (nSPS) is 9.94. The molecular formula is C12H13BrClNO3. The fraction of sp³-hybridized carbons (Fsp3) is 0.333. The van der Waals surface area contributed by atoms with Crippen molar-refractivity contribution in [3.63, 3.8) is 0 Å². The maximum absolute atomic E-state index is 11.7. The Morgan fingerprint density at radius 2 is 2.17 bits per heavy atom. The Balaban J connectivity index is 2.45. The Morgan fingerprint density at radius 3 is 2.78 bits per heavy atom. The van der Waals surface area contributed by atoms with Crippen LogP contribution in [-0.4, -0.2) is 25.0 Å². The van der Waals surface area contributed by atoms with E-state index >= 15 is 0 Å². The Morgan fingerprint density at radius 1 is 1.44 bits per heavy atom. The zero-order valence-corrected chi connectivity index (χ0v) is 12.2. The number of benzene rings is 1. The first-order valence-electron chi connectivity index (χ1n) is 5.43. The average Bonchev–Trinajstić information content (AvgIpc) is 2.33. The van der Waals surface area contributed by atoms with Crippen LogP contribution in [-0.2, 0) is 9.53 Å². The molecule has 0 heterocycles. The number of carbonyl (C=O) groups is 2. The lowest BCUT2D eigenvalue weighted by Gasteiger charge is -2.06. The molecule has 18 heavy (non-hydrogen) atoms. The lowest BCUT2D eigenvalue weighted by Crippen LogP contribution is -2.26. The lowest BCUT2D eigenvalue weighted by atomic mass is 10.2. The molecular weight excluding hydrogens is 321 g/mol. The van der Waals surface area contributed by atoms with Gasteiger partial charge in [0.25, 0.3) is 5.91 Å². The van der Waals surface area contributed by atoms with Crippen LogP contribution in [0, 0.1) is 0 Å². The molecule has 0 fully saturated rings. The number of hydrogen-bond donors (Lipinski definition) is 1. The molecule has 4 nitrogen and oxygen atoms in total. The lowest BCUT2D eigenvalue weighted by molar-refractivity contribution is -0.142. The number of nitrogens with one attached hydrogen (secondary N) is 1. The first-order chi connectivity index (χ1) is 8.54. The number of carbonyl (C=O) groups excluding carboxylic acids is 2. The van der Waals surface area contributed by atoms with E-state index in [1.54, 1.807) is 25.1 Å². The maximum Gasteiger partial charge on any atom is 0.307 e. The van der Waals surface area contributed by atoms with Crippen molar-refractivity contribution in [2.45, 2.75) is 13.3 Å². The van der Waals surface area contributed by atoms with Gasteiger partial charge in [0, 0.05) is 16.6 Å². The monoisotopic (exact) mass is 333 g/mol. The third-order valence-electron chi connectivity index (χ3n) is 2.10. The summed E-state index contributed by atoms with van der Waals surface area (Å²) in [6.07, 6.45) is 0.161. The van der Waals surface area contributed by atoms with Crippen LogP contribution in [0.15, 0.2) is 22.7 Å². The summed E-state index contributed by atoms with van der Waals surface area (Å²) in [5.74, 6) is -0.577. The van der Waals surface area contributed by atoms with E-state index < -0.39 is 0 Å². The standard InChI is InChI=1S/C12H13BrClNO3/c1-2-18-11(16)5-6-15-12(17)8-3-4-10(14)9(13)7-8/h3-4,7H,2,5-6H2,1H3,(H,15,17). The molecule has 0 saturated heterocycles. The van der Waals surface area contributed by atoms with Crippen LogP contribution in [0.2, 0.25) is 5.02 Å². The SMILES string of the molecule is CCOC(=O)CCNC(=O)c1ccc(Cl)c(Br)c1. The van der Waals surface area contributed by atoms with Gasteiger partial charge in [0.2, 0.25) is 0 Å². The van der Waals surface area contributed by atoms with E-state index in [9.17, 15) is 9.59 Å². The molecule has 0 spiro atoms. The first-order valence-corrected chi connectivity index (χ1v) is 6.60. The number of ether oxygens (including phenoxy) is 1. The molecule has 0 unspecified atom stereocenters. The highest BCUT2D eigenvalue weighted by Gasteiger charge is 2.08. The smallest absolute Gasteiger partial charge is 0.307 e. The van der Waals surface area contributed by atoms with Gasteiger partial charge in [-0.15, -0.1) is 0 Å². The quantitative estimate of drug-likeness (QED) is 0.842. The van der Waals surface area contributed by atoms with E-state index in [4.69, 9.17) is 16.3 Å². The number of rotatable bonds is 5. The van der Waals surface area contributed by atoms with E-state index in [-0.39, 0.29) is 24.8 Å². The van der Waals surface area contributed by atoms with Gasteiger partial charge in [-0.05, 0) is 41.1 Å². The number of esters is 1. The molecule has 0 saturated carbocycles. The summed E-state index contributed by atoms with van der Waals surface area (Å²) in [5, 5.41) is 3.17. The average molecular weight is 335 g/mol. The maximum atomic E-state index is 11.7. The van der Waals surface area contributed by atoms with Crippen molar-refractivity contribution < 1.29 is 14.3 Å². The number of amides is 1. The van der Waals surface area contributed by atoms with Gasteiger partial charge in [-0.1, -0.05) is 11.6 Å². The van der Waals surface area contributed by atoms with Crippen LogP contribution in [0.5, 0.6) is 0 Å². The summed E-state index contributed by atoms with van der Waals surface area (Å²) in [5.41, 5.74) is 0.482. The fourth-order valence-corrected chi connectivity index (χ4v) is 1.75. The van der Waals surface area contributed by atoms with Gasteiger partial charge in [-0.3, -0.25) is 9.59 Å². The second kappa shape index (κ2) is 7.38. The van der Waals surface area contributed by atoms with E-state index in [1.165, 1.54) is 0 Å². The molecule has 1 N–H and O–H groups in total. The fourth-order valence-electron chi connectivity index (χ4n) is 1.25. The summed E-state index contributed by atoms with van der Waals surface area (Å²) >= 11 is 9.07. The molecule has 0 aliphatic carbocycles. The second-order valence-electron chi connectivity index (χ2n) is 3.44. The zero-order chi connectivity index (χ0) is 13.5. The molecule has 1 amide bonds. The van der Waals surface area contributed by atoms with Crippen molar-refractivity contribution in [2.24, 2.45) is 0 Å². The van der Waals surface area contributed by atoms with Crippen molar-refractivity contribution in [3.8, 4) is 0 Å². The van der Waals surface area contributed by atoms with Gasteiger partial charge in [0.15, 0.2) is 0 Å². The van der Waals surface area contributed by atoms with Crippen molar-refractivity contribution >= 4 is 39.4 Å². The van der Waals surface area contributed by atoms with Crippen LogP contribution in [0.3, 0.4) is 0 Å². The summed E-state index contributed by atoms with van der Waals surface area (Å²) in [6.45, 7) is 2.33. The van der Waals surface area contributed by atoms with Crippen LogP contribution in [0.4, 0.5) is 0 Å². The van der Waals surface area contributed by atoms with Crippen LogP contribution in [0.25, 0.3) is 0 Å². The molecule has 6 heteroatoms. The third-order valence-corrected chi connectivity index (χ3v) is 3.32. The first kappa shape index (κ1) is 15.0. The molecule has 1 aromatic rings. The Kier molecular flexibility index (Phi) is 6.15. The van der Waals surface area contributed by atoms with Crippen LogP contribution >= 0.6 is 27.5 Å². The van der Waals surface area contributed by atoms with Crippen molar-refractivity contribution in [3.05, 3.63) is 33.3 Å². The van der Waals surface area contributed by atoms with Crippen molar-refractivity contribution in [1.29, 1.82) is 0 Å². The third kappa shape index (κ3) is 4.66. The Labute approximate surface area is 119 Å². The summed E-state index contributed by atoms with van der Waals surface area (Å²) in [6, 6.07) is 4.88. The van der Waals surface area contributed by atoms with Crippen LogP contribution in [0.1, 0.15) is 23.7 Å². The number of halogens is 2. The predicted molar refractivity (Wildman–Crippen MR) is 72.7 cm³/mol. The van der Waals surface area contributed by atoms with Crippen LogP contribution < -0.4 is 5.32 Å². The second-order valence-corrected chi connectivity index (χ2v) is 4.70. The molecule has 0 bridgehead atoms. The van der Waals surface area contributed by atoms with Gasteiger partial charge in [-0.25, -0.2) is 0 Å². The van der Waals surface area contributed by atoms with Gasteiger partial charge >= 0.3 is 5.97 Å². The summed E-state index contributed by atoms with van der Waals surface area (Å²) < 4.78 is 5.40. The van der Waals surface area contributed by atoms with E-state index in [1.807, 2.05) is 0 Å². The predicted octanol–water partition coefficient (Wildman–Crippen LogP) is 2.79. The molecule has 0 radical (unpaired) electrons. The molecule has 1 aromatic carbocycles. The molecule has 0 aliphatic heterocycles. The Hall–Kier alpha value is -1.07. The van der Waals surface area contributed by atoms with E-state index in [2.05, 4.69) is 21.2 Å². The minimum atomic E-state index is -0.324. The largest absolute Gasteiger partial charge is 0.466 e. The zero-order valence-electron chi connectivity index (χ0n) is 9.83. The highest BCUT2D eigenvalue weighted by Crippen LogP contribution is 2.23. The van der Waals surface area contributed by atoms with E-state index in [0.29, 0.717) is 21.7 Å². The minimum absolute atomic E-state index is 0.161.